The molecule has 0 bridgehead atoms. The molecule has 5 rings (SSSR count). The lowest BCUT2D eigenvalue weighted by molar-refractivity contribution is 0.426. The fraction of sp³-hybridized carbons (Fsp3) is 0.185. The summed E-state index contributed by atoms with van der Waals surface area (Å²) in [4.78, 5) is 0. The fourth-order valence-corrected chi connectivity index (χ4v) is 5.14. The van der Waals surface area contributed by atoms with Crippen LogP contribution in [0.15, 0.2) is 72.8 Å². The average molecular weight is 407 g/mol. The molecule has 0 unspecified atom stereocenters. The molecule has 1 aliphatic carbocycles. The Morgan fingerprint density at radius 2 is 1.61 bits per heavy atom. The highest BCUT2D eigenvalue weighted by molar-refractivity contribution is 6.59. The molecule has 3 nitrogen and oxygen atoms in total. The quantitative estimate of drug-likeness (QED) is 0.361. The number of hydrogen-bond acceptors (Lipinski definition) is 2. The normalized spacial score (nSPS) is 15.1. The SMILES string of the molecule is C/C=C\C(=C/C)n1c2ccc(B(O)O)cc2c2cc3c(cc21)-c1ccccc1C3(C)C. The van der Waals surface area contributed by atoms with E-state index in [2.05, 4.69) is 67.0 Å². The first-order chi connectivity index (χ1) is 14.9. The summed E-state index contributed by atoms with van der Waals surface area (Å²) >= 11 is 0. The molecule has 0 amide bonds. The van der Waals surface area contributed by atoms with E-state index in [1.807, 2.05) is 32.1 Å². The second-order valence-electron chi connectivity index (χ2n) is 8.78. The predicted octanol–water partition coefficient (Wildman–Crippen LogP) is 5.22. The third-order valence-corrected chi connectivity index (χ3v) is 6.68. The maximum absolute atomic E-state index is 9.78. The summed E-state index contributed by atoms with van der Waals surface area (Å²) in [5.74, 6) is 0. The first kappa shape index (κ1) is 19.9. The van der Waals surface area contributed by atoms with Crippen LogP contribution in [0.25, 0.3) is 38.6 Å². The molecule has 1 heterocycles. The Balaban J connectivity index is 1.95. The lowest BCUT2D eigenvalue weighted by Gasteiger charge is -2.21. The second kappa shape index (κ2) is 6.98. The van der Waals surface area contributed by atoms with Gasteiger partial charge in [-0.05, 0) is 65.8 Å². The predicted molar refractivity (Wildman–Crippen MR) is 132 cm³/mol. The molecule has 0 aliphatic heterocycles. The van der Waals surface area contributed by atoms with E-state index in [1.54, 1.807) is 6.07 Å². The molecule has 3 aromatic carbocycles. The topological polar surface area (TPSA) is 45.4 Å². The van der Waals surface area contributed by atoms with Gasteiger partial charge < -0.3 is 14.6 Å². The molecule has 154 valence electrons. The van der Waals surface area contributed by atoms with Crippen molar-refractivity contribution >= 4 is 40.1 Å². The van der Waals surface area contributed by atoms with Gasteiger partial charge in [-0.25, -0.2) is 0 Å². The van der Waals surface area contributed by atoms with Crippen LogP contribution in [0.1, 0.15) is 38.8 Å². The number of fused-ring (bicyclic) bond motifs is 6. The van der Waals surface area contributed by atoms with Gasteiger partial charge in [0, 0.05) is 21.9 Å². The number of allylic oxidation sites excluding steroid dienone is 4. The van der Waals surface area contributed by atoms with Gasteiger partial charge in [0.25, 0.3) is 0 Å². The summed E-state index contributed by atoms with van der Waals surface area (Å²) in [6, 6.07) is 19.0. The van der Waals surface area contributed by atoms with E-state index in [9.17, 15) is 10.0 Å². The van der Waals surface area contributed by atoms with Crippen LogP contribution >= 0.6 is 0 Å². The summed E-state index contributed by atoms with van der Waals surface area (Å²) in [6.45, 7) is 8.63. The van der Waals surface area contributed by atoms with E-state index in [4.69, 9.17) is 0 Å². The highest BCUT2D eigenvalue weighted by Gasteiger charge is 2.36. The van der Waals surface area contributed by atoms with Crippen molar-refractivity contribution in [1.29, 1.82) is 0 Å². The van der Waals surface area contributed by atoms with Crippen LogP contribution in [0, 0.1) is 0 Å². The van der Waals surface area contributed by atoms with Crippen LogP contribution in [0.4, 0.5) is 0 Å². The molecule has 0 atom stereocenters. The molecule has 4 aromatic rings. The molecule has 31 heavy (non-hydrogen) atoms. The van der Waals surface area contributed by atoms with Crippen molar-refractivity contribution in [3.63, 3.8) is 0 Å². The average Bonchev–Trinajstić information content (AvgIpc) is 3.20. The smallest absolute Gasteiger partial charge is 0.423 e. The van der Waals surface area contributed by atoms with Gasteiger partial charge in [0.05, 0.1) is 11.0 Å². The van der Waals surface area contributed by atoms with Crippen molar-refractivity contribution in [2.45, 2.75) is 33.1 Å². The van der Waals surface area contributed by atoms with Gasteiger partial charge in [-0.3, -0.25) is 0 Å². The Bertz CT molecular complexity index is 1410. The van der Waals surface area contributed by atoms with Crippen molar-refractivity contribution in [1.82, 2.24) is 4.57 Å². The highest BCUT2D eigenvalue weighted by Crippen LogP contribution is 2.50. The molecule has 1 aromatic heterocycles. The van der Waals surface area contributed by atoms with Crippen molar-refractivity contribution in [2.24, 2.45) is 0 Å². The Morgan fingerprint density at radius 3 is 2.32 bits per heavy atom. The molecule has 2 N–H and O–H groups in total. The summed E-state index contributed by atoms with van der Waals surface area (Å²) < 4.78 is 2.27. The minimum atomic E-state index is -1.49. The van der Waals surface area contributed by atoms with E-state index < -0.39 is 7.12 Å². The first-order valence-electron chi connectivity index (χ1n) is 10.8. The summed E-state index contributed by atoms with van der Waals surface area (Å²) in [5.41, 5.74) is 8.90. The van der Waals surface area contributed by atoms with Gasteiger partial charge in [-0.2, -0.15) is 0 Å². The fourth-order valence-electron chi connectivity index (χ4n) is 5.14. The zero-order chi connectivity index (χ0) is 21.9. The standard InChI is InChI=1S/C27H26BNO2/c1-5-9-18(6-2)29-25-13-12-17(28(30)31)14-21(25)22-15-24-20(16-26(22)29)19-10-7-8-11-23(19)27(24,3)4/h5-16,30-31H,1-4H3/b9-5-,18-6+. The van der Waals surface area contributed by atoms with E-state index in [1.165, 1.54) is 22.3 Å². The minimum absolute atomic E-state index is 0.0879. The number of hydrogen-bond donors (Lipinski definition) is 2. The van der Waals surface area contributed by atoms with Crippen LogP contribution in [0.2, 0.25) is 0 Å². The molecule has 0 radical (unpaired) electrons. The lowest BCUT2D eigenvalue weighted by atomic mass is 9.79. The monoisotopic (exact) mass is 407 g/mol. The zero-order valence-electron chi connectivity index (χ0n) is 18.3. The number of benzene rings is 3. The summed E-state index contributed by atoms with van der Waals surface area (Å²) in [7, 11) is -1.49. The van der Waals surface area contributed by atoms with Gasteiger partial charge in [-0.1, -0.05) is 62.4 Å². The Hall–Kier alpha value is -3.08. The van der Waals surface area contributed by atoms with E-state index in [-0.39, 0.29) is 5.41 Å². The molecular weight excluding hydrogens is 381 g/mol. The zero-order valence-corrected chi connectivity index (χ0v) is 18.3. The van der Waals surface area contributed by atoms with Gasteiger partial charge >= 0.3 is 7.12 Å². The molecule has 0 saturated carbocycles. The largest absolute Gasteiger partial charge is 0.488 e. The second-order valence-corrected chi connectivity index (χ2v) is 8.78. The summed E-state index contributed by atoms with van der Waals surface area (Å²) in [5, 5.41) is 21.7. The maximum Gasteiger partial charge on any atom is 0.488 e. The summed E-state index contributed by atoms with van der Waals surface area (Å²) in [6.07, 6.45) is 6.27. The van der Waals surface area contributed by atoms with Crippen LogP contribution in [-0.4, -0.2) is 21.7 Å². The number of nitrogens with zero attached hydrogens (tertiary/aromatic N) is 1. The highest BCUT2D eigenvalue weighted by atomic mass is 16.4. The van der Waals surface area contributed by atoms with Gasteiger partial charge in [0.1, 0.15) is 0 Å². The van der Waals surface area contributed by atoms with Crippen LogP contribution in [0.5, 0.6) is 0 Å². The maximum atomic E-state index is 9.78. The molecule has 0 saturated heterocycles. The third-order valence-electron chi connectivity index (χ3n) is 6.68. The molecular formula is C27H26BNO2. The number of rotatable bonds is 3. The van der Waals surface area contributed by atoms with Gasteiger partial charge in [0.2, 0.25) is 0 Å². The first-order valence-corrected chi connectivity index (χ1v) is 10.8. The van der Waals surface area contributed by atoms with E-state index >= 15 is 0 Å². The van der Waals surface area contributed by atoms with Crippen LogP contribution in [-0.2, 0) is 5.41 Å². The third kappa shape index (κ3) is 2.75. The van der Waals surface area contributed by atoms with Crippen molar-refractivity contribution in [3.05, 3.63) is 84.0 Å². The van der Waals surface area contributed by atoms with Crippen molar-refractivity contribution < 1.29 is 10.0 Å². The Kier molecular flexibility index (Phi) is 4.47. The molecule has 0 fully saturated rings. The van der Waals surface area contributed by atoms with Crippen molar-refractivity contribution in [2.75, 3.05) is 0 Å². The van der Waals surface area contributed by atoms with E-state index in [0.29, 0.717) is 5.46 Å². The lowest BCUT2D eigenvalue weighted by Crippen LogP contribution is -2.29. The number of aromatic nitrogens is 1. The molecule has 1 aliphatic rings. The Morgan fingerprint density at radius 1 is 0.871 bits per heavy atom. The minimum Gasteiger partial charge on any atom is -0.423 e. The van der Waals surface area contributed by atoms with Crippen LogP contribution < -0.4 is 5.46 Å². The molecule has 4 heteroatoms. The Labute approximate surface area is 183 Å². The van der Waals surface area contributed by atoms with Crippen LogP contribution in [0.3, 0.4) is 0 Å². The van der Waals surface area contributed by atoms with Gasteiger partial charge in [-0.15, -0.1) is 0 Å². The van der Waals surface area contributed by atoms with E-state index in [0.717, 1.165) is 27.5 Å². The van der Waals surface area contributed by atoms with Gasteiger partial charge in [0.15, 0.2) is 0 Å². The molecule has 0 spiro atoms. The van der Waals surface area contributed by atoms with Crippen molar-refractivity contribution in [3.8, 4) is 11.1 Å².